The highest BCUT2D eigenvalue weighted by Gasteiger charge is 2.41. The molecule has 1 saturated heterocycles. The SMILES string of the molecule is C[C@@H]1O[C@H](Nc2ccc(N=Nc3ccccc3)cc2)[C@H](O)[C@@H](O)[C@@H]1O. The average Bonchev–Trinajstić information content (AvgIpc) is 2.64. The highest BCUT2D eigenvalue weighted by molar-refractivity contribution is 5.51. The molecule has 1 aliphatic heterocycles. The second-order valence-electron chi connectivity index (χ2n) is 5.96. The number of azo groups is 1. The van der Waals surface area contributed by atoms with Crippen molar-refractivity contribution in [1.29, 1.82) is 0 Å². The first-order chi connectivity index (χ1) is 12.0. The quantitative estimate of drug-likeness (QED) is 0.638. The Morgan fingerprint density at radius 3 is 2.04 bits per heavy atom. The van der Waals surface area contributed by atoms with E-state index in [9.17, 15) is 15.3 Å². The Labute approximate surface area is 145 Å². The lowest BCUT2D eigenvalue weighted by molar-refractivity contribution is -0.209. The molecule has 2 aromatic rings. The van der Waals surface area contributed by atoms with Crippen LogP contribution < -0.4 is 5.32 Å². The summed E-state index contributed by atoms with van der Waals surface area (Å²) in [7, 11) is 0. The molecule has 0 unspecified atom stereocenters. The van der Waals surface area contributed by atoms with E-state index in [2.05, 4.69) is 15.5 Å². The van der Waals surface area contributed by atoms with E-state index in [1.54, 1.807) is 31.2 Å². The van der Waals surface area contributed by atoms with Crippen molar-refractivity contribution in [2.75, 3.05) is 5.32 Å². The van der Waals surface area contributed by atoms with Gasteiger partial charge in [0, 0.05) is 5.69 Å². The minimum Gasteiger partial charge on any atom is -0.388 e. The zero-order chi connectivity index (χ0) is 17.8. The topological polar surface area (TPSA) is 107 Å². The van der Waals surface area contributed by atoms with Gasteiger partial charge in [-0.05, 0) is 43.3 Å². The van der Waals surface area contributed by atoms with E-state index < -0.39 is 30.6 Å². The maximum Gasteiger partial charge on any atom is 0.157 e. The normalized spacial score (nSPS) is 29.7. The van der Waals surface area contributed by atoms with Gasteiger partial charge in [0.15, 0.2) is 6.23 Å². The van der Waals surface area contributed by atoms with Crippen molar-refractivity contribution in [2.45, 2.75) is 37.6 Å². The number of hydrogen-bond donors (Lipinski definition) is 4. The predicted octanol–water partition coefficient (Wildman–Crippen LogP) is 2.34. The van der Waals surface area contributed by atoms with Gasteiger partial charge in [-0.25, -0.2) is 0 Å². The molecule has 0 aromatic heterocycles. The highest BCUT2D eigenvalue weighted by Crippen LogP contribution is 2.24. The lowest BCUT2D eigenvalue weighted by atomic mass is 9.99. The van der Waals surface area contributed by atoms with Crippen LogP contribution >= 0.6 is 0 Å². The first kappa shape index (κ1) is 17.5. The molecular formula is C18H21N3O4. The first-order valence-corrected chi connectivity index (χ1v) is 8.07. The van der Waals surface area contributed by atoms with E-state index >= 15 is 0 Å². The van der Waals surface area contributed by atoms with Gasteiger partial charge in [0.1, 0.15) is 18.3 Å². The molecule has 0 amide bonds. The Bertz CT molecular complexity index is 708. The van der Waals surface area contributed by atoms with Crippen LogP contribution in [0, 0.1) is 0 Å². The average molecular weight is 343 g/mol. The number of ether oxygens (including phenoxy) is 1. The van der Waals surface area contributed by atoms with E-state index in [0.717, 1.165) is 5.69 Å². The highest BCUT2D eigenvalue weighted by atomic mass is 16.5. The fraction of sp³-hybridized carbons (Fsp3) is 0.333. The van der Waals surface area contributed by atoms with Crippen LogP contribution in [0.2, 0.25) is 0 Å². The molecular weight excluding hydrogens is 322 g/mol. The smallest absolute Gasteiger partial charge is 0.157 e. The molecule has 1 fully saturated rings. The lowest BCUT2D eigenvalue weighted by Crippen LogP contribution is -2.58. The van der Waals surface area contributed by atoms with Crippen LogP contribution in [0.25, 0.3) is 0 Å². The third kappa shape index (κ3) is 4.21. The number of anilines is 1. The minimum atomic E-state index is -1.26. The second-order valence-corrected chi connectivity index (χ2v) is 5.96. The van der Waals surface area contributed by atoms with Crippen molar-refractivity contribution in [3.63, 3.8) is 0 Å². The van der Waals surface area contributed by atoms with E-state index in [0.29, 0.717) is 11.4 Å². The van der Waals surface area contributed by atoms with Crippen LogP contribution in [0.4, 0.5) is 17.1 Å². The largest absolute Gasteiger partial charge is 0.388 e. The molecule has 7 nitrogen and oxygen atoms in total. The van der Waals surface area contributed by atoms with Crippen molar-refractivity contribution in [3.05, 3.63) is 54.6 Å². The summed E-state index contributed by atoms with van der Waals surface area (Å²) in [5, 5.41) is 40.9. The third-order valence-electron chi connectivity index (χ3n) is 4.07. The molecule has 132 valence electrons. The van der Waals surface area contributed by atoms with Crippen LogP contribution in [0.3, 0.4) is 0 Å². The number of aliphatic hydroxyl groups excluding tert-OH is 3. The van der Waals surface area contributed by atoms with Gasteiger partial charge in [0.2, 0.25) is 0 Å². The Morgan fingerprint density at radius 2 is 1.40 bits per heavy atom. The van der Waals surface area contributed by atoms with Gasteiger partial charge in [-0.2, -0.15) is 10.2 Å². The molecule has 0 saturated carbocycles. The van der Waals surface area contributed by atoms with E-state index in [1.807, 2.05) is 30.3 Å². The Kier molecular flexibility index (Phi) is 5.40. The van der Waals surface area contributed by atoms with E-state index in [-0.39, 0.29) is 0 Å². The van der Waals surface area contributed by atoms with Gasteiger partial charge in [-0.3, -0.25) is 0 Å². The summed E-state index contributed by atoms with van der Waals surface area (Å²) in [6.07, 6.45) is -5.02. The fourth-order valence-electron chi connectivity index (χ4n) is 2.57. The van der Waals surface area contributed by atoms with Gasteiger partial charge in [0.25, 0.3) is 0 Å². The van der Waals surface area contributed by atoms with E-state index in [4.69, 9.17) is 4.74 Å². The Hall–Kier alpha value is -2.32. The maximum atomic E-state index is 10.0. The summed E-state index contributed by atoms with van der Waals surface area (Å²) < 4.78 is 5.51. The fourth-order valence-corrected chi connectivity index (χ4v) is 2.57. The summed E-state index contributed by atoms with van der Waals surface area (Å²) in [6.45, 7) is 1.64. The van der Waals surface area contributed by atoms with Crippen LogP contribution in [-0.2, 0) is 4.74 Å². The van der Waals surface area contributed by atoms with Crippen LogP contribution in [0.15, 0.2) is 64.8 Å². The number of nitrogens with one attached hydrogen (secondary N) is 1. The Balaban J connectivity index is 1.64. The number of rotatable bonds is 4. The zero-order valence-corrected chi connectivity index (χ0v) is 13.7. The monoisotopic (exact) mass is 343 g/mol. The molecule has 0 aliphatic carbocycles. The summed E-state index contributed by atoms with van der Waals surface area (Å²) in [6, 6.07) is 16.5. The van der Waals surface area contributed by atoms with Crippen LogP contribution in [0.5, 0.6) is 0 Å². The molecule has 25 heavy (non-hydrogen) atoms. The van der Waals surface area contributed by atoms with Crippen molar-refractivity contribution in [1.82, 2.24) is 0 Å². The molecule has 3 rings (SSSR count). The van der Waals surface area contributed by atoms with Gasteiger partial charge < -0.3 is 25.4 Å². The van der Waals surface area contributed by atoms with Gasteiger partial charge >= 0.3 is 0 Å². The summed E-state index contributed by atoms with van der Waals surface area (Å²) in [5.74, 6) is 0. The molecule has 0 bridgehead atoms. The summed E-state index contributed by atoms with van der Waals surface area (Å²) in [5.41, 5.74) is 2.15. The molecule has 0 radical (unpaired) electrons. The van der Waals surface area contributed by atoms with Crippen LogP contribution in [0.1, 0.15) is 6.92 Å². The molecule has 0 spiro atoms. The Morgan fingerprint density at radius 1 is 0.800 bits per heavy atom. The molecule has 4 N–H and O–H groups in total. The van der Waals surface area contributed by atoms with E-state index in [1.165, 1.54) is 0 Å². The molecule has 2 aromatic carbocycles. The number of aliphatic hydroxyl groups is 3. The lowest BCUT2D eigenvalue weighted by Gasteiger charge is -2.39. The molecule has 7 heteroatoms. The number of benzene rings is 2. The van der Waals surface area contributed by atoms with Gasteiger partial charge in [-0.15, -0.1) is 0 Å². The van der Waals surface area contributed by atoms with Gasteiger partial charge in [-0.1, -0.05) is 18.2 Å². The number of hydrogen-bond acceptors (Lipinski definition) is 7. The molecule has 1 aliphatic rings. The standard InChI is InChI=1S/C18H21N3O4/c1-11-15(22)16(23)17(24)18(25-11)19-12-7-9-14(10-8-12)21-20-13-5-3-2-4-6-13/h2-11,15-19,22-24H,1H3/t11-,15+,16-,17+,18-/m0/s1. The van der Waals surface area contributed by atoms with Crippen molar-refractivity contribution in [2.24, 2.45) is 10.2 Å². The second kappa shape index (κ2) is 7.71. The number of nitrogens with zero attached hydrogens (tertiary/aromatic N) is 2. The van der Waals surface area contributed by atoms with Crippen LogP contribution in [-0.4, -0.2) is 46.0 Å². The van der Waals surface area contributed by atoms with Gasteiger partial charge in [0.05, 0.1) is 17.5 Å². The van der Waals surface area contributed by atoms with Crippen molar-refractivity contribution in [3.8, 4) is 0 Å². The molecule has 5 atom stereocenters. The third-order valence-corrected chi connectivity index (χ3v) is 4.07. The zero-order valence-electron chi connectivity index (χ0n) is 13.7. The summed E-state index contributed by atoms with van der Waals surface area (Å²) in [4.78, 5) is 0. The van der Waals surface area contributed by atoms with Crippen molar-refractivity contribution >= 4 is 17.1 Å². The molecule has 1 heterocycles. The first-order valence-electron chi connectivity index (χ1n) is 8.07. The minimum absolute atomic E-state index is 0.588. The predicted molar refractivity (Wildman–Crippen MR) is 93.0 cm³/mol. The maximum absolute atomic E-state index is 10.0. The van der Waals surface area contributed by atoms with Crippen molar-refractivity contribution < 1.29 is 20.1 Å². The summed E-state index contributed by atoms with van der Waals surface area (Å²) >= 11 is 0.